The summed E-state index contributed by atoms with van der Waals surface area (Å²) in [4.78, 5) is 19.8. The van der Waals surface area contributed by atoms with Crippen molar-refractivity contribution in [1.29, 1.82) is 0 Å². The normalized spacial score (nSPS) is 16.9. The average Bonchev–Trinajstić information content (AvgIpc) is 2.96. The minimum Gasteiger partial charge on any atom is -0.372 e. The molecule has 0 unspecified atom stereocenters. The van der Waals surface area contributed by atoms with Gasteiger partial charge in [0.25, 0.3) is 5.91 Å². The van der Waals surface area contributed by atoms with Crippen LogP contribution in [0.1, 0.15) is 30.3 Å². The Bertz CT molecular complexity index is 387. The number of aromatic nitrogens is 2. The molecule has 5 heteroatoms. The molecule has 0 saturated heterocycles. The summed E-state index contributed by atoms with van der Waals surface area (Å²) in [5.41, 5.74) is 0.337. The summed E-state index contributed by atoms with van der Waals surface area (Å²) in [5, 5.41) is 5.78. The van der Waals surface area contributed by atoms with Gasteiger partial charge in [-0.05, 0) is 19.8 Å². The summed E-state index contributed by atoms with van der Waals surface area (Å²) in [5.74, 6) is 0.447. The van der Waals surface area contributed by atoms with Crippen molar-refractivity contribution in [2.45, 2.75) is 25.3 Å². The molecule has 1 heterocycles. The van der Waals surface area contributed by atoms with Gasteiger partial charge in [-0.15, -0.1) is 0 Å². The van der Waals surface area contributed by atoms with Gasteiger partial charge in [0.1, 0.15) is 11.5 Å². The van der Waals surface area contributed by atoms with Crippen LogP contribution < -0.4 is 10.6 Å². The topological polar surface area (TPSA) is 66.9 Å². The largest absolute Gasteiger partial charge is 0.372 e. The zero-order chi connectivity index (χ0) is 10.9. The molecule has 1 fully saturated rings. The van der Waals surface area contributed by atoms with Crippen LogP contribution in [0.15, 0.2) is 12.4 Å². The number of nitrogens with zero attached hydrogens (tertiary/aromatic N) is 2. The summed E-state index contributed by atoms with van der Waals surface area (Å²) in [6, 6.07) is 0. The number of carbonyl (C=O) groups is 1. The first-order valence-electron chi connectivity index (χ1n) is 4.95. The summed E-state index contributed by atoms with van der Waals surface area (Å²) in [7, 11) is 1.74. The summed E-state index contributed by atoms with van der Waals surface area (Å²) in [6.45, 7) is 2.03. The zero-order valence-corrected chi connectivity index (χ0v) is 8.87. The first-order chi connectivity index (χ1) is 7.13. The fraction of sp³-hybridized carbons (Fsp3) is 0.500. The molecule has 15 heavy (non-hydrogen) atoms. The smallest absolute Gasteiger partial charge is 0.271 e. The lowest BCUT2D eigenvalue weighted by Crippen LogP contribution is -2.34. The van der Waals surface area contributed by atoms with E-state index in [1.807, 2.05) is 6.92 Å². The predicted molar refractivity (Wildman–Crippen MR) is 56.7 cm³/mol. The maximum atomic E-state index is 11.7. The van der Waals surface area contributed by atoms with Crippen LogP contribution in [-0.2, 0) is 0 Å². The molecule has 0 spiro atoms. The molecule has 1 aliphatic rings. The number of amides is 1. The molecule has 0 aliphatic heterocycles. The van der Waals surface area contributed by atoms with E-state index in [-0.39, 0.29) is 11.4 Å². The minimum atomic E-state index is -0.153. The molecule has 80 valence electrons. The maximum absolute atomic E-state index is 11.7. The Labute approximate surface area is 88.3 Å². The van der Waals surface area contributed by atoms with E-state index in [9.17, 15) is 4.79 Å². The lowest BCUT2D eigenvalue weighted by Gasteiger charge is -2.10. The van der Waals surface area contributed by atoms with E-state index < -0.39 is 0 Å². The number of hydrogen-bond acceptors (Lipinski definition) is 4. The van der Waals surface area contributed by atoms with E-state index in [2.05, 4.69) is 20.6 Å². The molecule has 1 saturated carbocycles. The highest BCUT2D eigenvalue weighted by molar-refractivity contribution is 5.93. The molecule has 1 aromatic rings. The number of anilines is 1. The van der Waals surface area contributed by atoms with Gasteiger partial charge < -0.3 is 10.6 Å². The number of hydrogen-bond donors (Lipinski definition) is 2. The van der Waals surface area contributed by atoms with Crippen LogP contribution in [0.25, 0.3) is 0 Å². The van der Waals surface area contributed by atoms with E-state index in [0.29, 0.717) is 11.5 Å². The zero-order valence-electron chi connectivity index (χ0n) is 8.87. The molecule has 5 nitrogen and oxygen atoms in total. The van der Waals surface area contributed by atoms with Crippen molar-refractivity contribution in [3.8, 4) is 0 Å². The lowest BCUT2D eigenvalue weighted by atomic mass is 10.3. The number of rotatable bonds is 3. The highest BCUT2D eigenvalue weighted by Crippen LogP contribution is 2.34. The van der Waals surface area contributed by atoms with E-state index in [4.69, 9.17) is 0 Å². The molecule has 0 radical (unpaired) electrons. The third kappa shape index (κ3) is 2.23. The predicted octanol–water partition coefficient (Wildman–Crippen LogP) is 0.801. The Kier molecular flexibility index (Phi) is 2.30. The highest BCUT2D eigenvalue weighted by Gasteiger charge is 2.39. The van der Waals surface area contributed by atoms with Gasteiger partial charge in [0.15, 0.2) is 0 Å². The minimum absolute atomic E-state index is 0.0194. The van der Waals surface area contributed by atoms with Gasteiger partial charge in [-0.1, -0.05) is 0 Å². The second-order valence-corrected chi connectivity index (χ2v) is 4.05. The van der Waals surface area contributed by atoms with Crippen LogP contribution in [0, 0.1) is 0 Å². The number of nitrogens with one attached hydrogen (secondary N) is 2. The third-order valence-electron chi connectivity index (χ3n) is 2.54. The van der Waals surface area contributed by atoms with E-state index in [1.165, 1.54) is 6.20 Å². The second-order valence-electron chi connectivity index (χ2n) is 4.05. The molecule has 1 aromatic heterocycles. The SMILES string of the molecule is CNc1cncc(C(=O)NC2(C)CC2)n1. The average molecular weight is 206 g/mol. The van der Waals surface area contributed by atoms with Crippen molar-refractivity contribution in [3.05, 3.63) is 18.1 Å². The van der Waals surface area contributed by atoms with Gasteiger partial charge in [-0.3, -0.25) is 9.78 Å². The number of carbonyl (C=O) groups excluding carboxylic acids is 1. The molecule has 2 N–H and O–H groups in total. The van der Waals surface area contributed by atoms with Gasteiger partial charge >= 0.3 is 0 Å². The van der Waals surface area contributed by atoms with Gasteiger partial charge in [0, 0.05) is 12.6 Å². The monoisotopic (exact) mass is 206 g/mol. The Balaban J connectivity index is 2.10. The summed E-state index contributed by atoms with van der Waals surface area (Å²) < 4.78 is 0. The van der Waals surface area contributed by atoms with Crippen molar-refractivity contribution >= 4 is 11.7 Å². The summed E-state index contributed by atoms with van der Waals surface area (Å²) in [6.07, 6.45) is 5.13. The summed E-state index contributed by atoms with van der Waals surface area (Å²) >= 11 is 0. The molecule has 1 aliphatic carbocycles. The first-order valence-corrected chi connectivity index (χ1v) is 4.95. The standard InChI is InChI=1S/C10H14N4O/c1-10(3-4-10)14-9(15)7-5-12-6-8(11-2)13-7/h5-6H,3-4H2,1-2H3,(H,11,13)(H,14,15). The van der Waals surface area contributed by atoms with Crippen molar-refractivity contribution < 1.29 is 4.79 Å². The lowest BCUT2D eigenvalue weighted by molar-refractivity contribution is 0.0930. The van der Waals surface area contributed by atoms with Crippen LogP contribution in [0.3, 0.4) is 0 Å². The third-order valence-corrected chi connectivity index (χ3v) is 2.54. The Morgan fingerprint density at radius 2 is 2.20 bits per heavy atom. The fourth-order valence-electron chi connectivity index (χ4n) is 1.25. The Morgan fingerprint density at radius 3 is 2.80 bits per heavy atom. The molecule has 0 aromatic carbocycles. The second kappa shape index (κ2) is 3.49. The molecular weight excluding hydrogens is 192 g/mol. The van der Waals surface area contributed by atoms with E-state index in [0.717, 1.165) is 12.8 Å². The van der Waals surface area contributed by atoms with Crippen LogP contribution in [0.5, 0.6) is 0 Å². The highest BCUT2D eigenvalue weighted by atomic mass is 16.2. The molecule has 0 bridgehead atoms. The Hall–Kier alpha value is -1.65. The van der Waals surface area contributed by atoms with Gasteiger partial charge in [-0.25, -0.2) is 4.98 Å². The quantitative estimate of drug-likeness (QED) is 0.767. The molecular formula is C10H14N4O. The molecule has 2 rings (SSSR count). The van der Waals surface area contributed by atoms with E-state index in [1.54, 1.807) is 13.2 Å². The van der Waals surface area contributed by atoms with Crippen LogP contribution in [0.2, 0.25) is 0 Å². The molecule has 0 atom stereocenters. The van der Waals surface area contributed by atoms with Gasteiger partial charge in [-0.2, -0.15) is 0 Å². The van der Waals surface area contributed by atoms with Gasteiger partial charge in [0.05, 0.1) is 12.4 Å². The Morgan fingerprint density at radius 1 is 1.47 bits per heavy atom. The van der Waals surface area contributed by atoms with Gasteiger partial charge in [0.2, 0.25) is 0 Å². The fourth-order valence-corrected chi connectivity index (χ4v) is 1.25. The van der Waals surface area contributed by atoms with Crippen LogP contribution in [0.4, 0.5) is 5.82 Å². The maximum Gasteiger partial charge on any atom is 0.271 e. The van der Waals surface area contributed by atoms with Crippen molar-refractivity contribution in [1.82, 2.24) is 15.3 Å². The molecule has 1 amide bonds. The van der Waals surface area contributed by atoms with Crippen LogP contribution in [-0.4, -0.2) is 28.5 Å². The van der Waals surface area contributed by atoms with Crippen molar-refractivity contribution in [2.75, 3.05) is 12.4 Å². The van der Waals surface area contributed by atoms with Crippen molar-refractivity contribution in [2.24, 2.45) is 0 Å². The first kappa shape index (κ1) is 9.89. The van der Waals surface area contributed by atoms with Crippen LogP contribution >= 0.6 is 0 Å². The van der Waals surface area contributed by atoms with E-state index >= 15 is 0 Å². The van der Waals surface area contributed by atoms with Crippen molar-refractivity contribution in [3.63, 3.8) is 0 Å².